The zero-order valence-electron chi connectivity index (χ0n) is 12.5. The lowest BCUT2D eigenvalue weighted by atomic mass is 10.3. The first-order valence-electron chi connectivity index (χ1n) is 6.83. The number of carbonyl (C=O) groups is 2. The maximum atomic E-state index is 11.6. The quantitative estimate of drug-likeness (QED) is 0.163. The Labute approximate surface area is 128 Å². The van der Waals surface area contributed by atoms with Crippen LogP contribution >= 0.6 is 0 Å². The monoisotopic (exact) mass is 319 g/mol. The molecule has 9 heteroatoms. The standard InChI is InChI=1S/C13H21NO8/c1-3-7-19-9-11(10-21-14(17)18)22-13(16)6-5-8-20-12(15)4-2/h4,11H,2-3,5-10H2,1H3. The minimum absolute atomic E-state index is 0.00711. The fraction of sp³-hybridized carbons (Fsp3) is 0.692. The van der Waals surface area contributed by atoms with Crippen LogP contribution in [0.3, 0.4) is 0 Å². The number of rotatable bonds is 13. The SMILES string of the molecule is C=CC(=O)OCCCC(=O)OC(COCCC)CO[N+](=O)[O-]. The van der Waals surface area contributed by atoms with Gasteiger partial charge in [-0.15, -0.1) is 10.1 Å². The molecule has 0 fully saturated rings. The van der Waals surface area contributed by atoms with E-state index in [2.05, 4.69) is 11.4 Å². The maximum absolute atomic E-state index is 11.6. The summed E-state index contributed by atoms with van der Waals surface area (Å²) in [6, 6.07) is 0. The van der Waals surface area contributed by atoms with E-state index in [1.165, 1.54) is 0 Å². The molecule has 0 bridgehead atoms. The number of nitrogens with zero attached hydrogens (tertiary/aromatic N) is 1. The van der Waals surface area contributed by atoms with Crippen molar-refractivity contribution in [3.8, 4) is 0 Å². The third kappa shape index (κ3) is 11.6. The van der Waals surface area contributed by atoms with Gasteiger partial charge in [0.1, 0.15) is 12.7 Å². The highest BCUT2D eigenvalue weighted by atomic mass is 17.0. The molecule has 0 heterocycles. The van der Waals surface area contributed by atoms with Crippen molar-refractivity contribution in [2.45, 2.75) is 32.3 Å². The van der Waals surface area contributed by atoms with Crippen LogP contribution in [0.25, 0.3) is 0 Å². The van der Waals surface area contributed by atoms with E-state index in [0.717, 1.165) is 12.5 Å². The molecule has 126 valence electrons. The average molecular weight is 319 g/mol. The Balaban J connectivity index is 4.03. The van der Waals surface area contributed by atoms with Gasteiger partial charge in [0.2, 0.25) is 0 Å². The molecule has 0 aromatic rings. The minimum atomic E-state index is -0.963. The normalized spacial score (nSPS) is 11.3. The van der Waals surface area contributed by atoms with Crippen LogP contribution in [0.2, 0.25) is 0 Å². The summed E-state index contributed by atoms with van der Waals surface area (Å²) in [6.45, 7) is 5.26. The summed E-state index contributed by atoms with van der Waals surface area (Å²) in [5.41, 5.74) is 0. The number of hydrogen-bond donors (Lipinski definition) is 0. The molecule has 0 N–H and O–H groups in total. The molecule has 0 aliphatic rings. The maximum Gasteiger partial charge on any atom is 0.330 e. The number of ether oxygens (including phenoxy) is 3. The van der Waals surface area contributed by atoms with Crippen molar-refractivity contribution >= 4 is 11.9 Å². The Morgan fingerprint density at radius 1 is 1.32 bits per heavy atom. The van der Waals surface area contributed by atoms with Crippen LogP contribution in [0.15, 0.2) is 12.7 Å². The highest BCUT2D eigenvalue weighted by molar-refractivity contribution is 5.81. The predicted molar refractivity (Wildman–Crippen MR) is 74.3 cm³/mol. The van der Waals surface area contributed by atoms with Gasteiger partial charge in [-0.2, -0.15) is 0 Å². The van der Waals surface area contributed by atoms with Gasteiger partial charge >= 0.3 is 11.9 Å². The first-order valence-corrected chi connectivity index (χ1v) is 6.83. The van der Waals surface area contributed by atoms with E-state index in [0.29, 0.717) is 6.61 Å². The highest BCUT2D eigenvalue weighted by Gasteiger charge is 2.17. The van der Waals surface area contributed by atoms with Crippen molar-refractivity contribution in [2.75, 3.05) is 26.4 Å². The summed E-state index contributed by atoms with van der Waals surface area (Å²) in [5, 5.41) is 9.21. The van der Waals surface area contributed by atoms with Crippen LogP contribution < -0.4 is 0 Å². The number of carbonyl (C=O) groups excluding carboxylic acids is 2. The number of esters is 2. The lowest BCUT2D eigenvalue weighted by Gasteiger charge is -2.17. The van der Waals surface area contributed by atoms with Crippen LogP contribution in [0.4, 0.5) is 0 Å². The van der Waals surface area contributed by atoms with Crippen molar-refractivity contribution < 1.29 is 33.7 Å². The van der Waals surface area contributed by atoms with Crippen molar-refractivity contribution in [3.63, 3.8) is 0 Å². The molecule has 0 aromatic carbocycles. The molecule has 0 aromatic heterocycles. The Bertz CT molecular complexity index is 371. The second-order valence-corrected chi connectivity index (χ2v) is 4.18. The smallest absolute Gasteiger partial charge is 0.330 e. The predicted octanol–water partition coefficient (Wildman–Crippen LogP) is 1.04. The van der Waals surface area contributed by atoms with E-state index in [-0.39, 0.29) is 26.1 Å². The highest BCUT2D eigenvalue weighted by Crippen LogP contribution is 2.02. The van der Waals surface area contributed by atoms with Crippen molar-refractivity contribution in [1.82, 2.24) is 0 Å². The number of hydrogen-bond acceptors (Lipinski definition) is 8. The van der Waals surface area contributed by atoms with Crippen molar-refractivity contribution in [2.24, 2.45) is 0 Å². The molecule has 22 heavy (non-hydrogen) atoms. The largest absolute Gasteiger partial charge is 0.463 e. The van der Waals surface area contributed by atoms with E-state index in [9.17, 15) is 19.7 Å². The lowest BCUT2D eigenvalue weighted by Crippen LogP contribution is -2.29. The first-order chi connectivity index (χ1) is 10.5. The molecule has 0 spiro atoms. The minimum Gasteiger partial charge on any atom is -0.463 e. The molecule has 1 atom stereocenters. The average Bonchev–Trinajstić information content (AvgIpc) is 2.48. The van der Waals surface area contributed by atoms with Gasteiger partial charge in [0, 0.05) is 19.1 Å². The van der Waals surface area contributed by atoms with Crippen molar-refractivity contribution in [3.05, 3.63) is 22.8 Å². The van der Waals surface area contributed by atoms with Gasteiger partial charge in [0.25, 0.3) is 5.09 Å². The third-order valence-electron chi connectivity index (χ3n) is 2.25. The van der Waals surface area contributed by atoms with E-state index >= 15 is 0 Å². The summed E-state index contributed by atoms with van der Waals surface area (Å²) in [4.78, 5) is 36.7. The summed E-state index contributed by atoms with van der Waals surface area (Å²) in [5.74, 6) is -1.15. The molecule has 0 aliphatic carbocycles. The molecule has 0 radical (unpaired) electrons. The summed E-state index contributed by atoms with van der Waals surface area (Å²) >= 11 is 0. The zero-order valence-corrected chi connectivity index (χ0v) is 12.5. The topological polar surface area (TPSA) is 114 Å². The Morgan fingerprint density at radius 3 is 2.64 bits per heavy atom. The van der Waals surface area contributed by atoms with Crippen LogP contribution in [0.1, 0.15) is 26.2 Å². The van der Waals surface area contributed by atoms with Gasteiger partial charge in [-0.1, -0.05) is 13.5 Å². The third-order valence-corrected chi connectivity index (χ3v) is 2.25. The second kappa shape index (κ2) is 12.6. The molecular formula is C13H21NO8. The molecule has 0 saturated heterocycles. The van der Waals surface area contributed by atoms with E-state index in [1.54, 1.807) is 0 Å². The van der Waals surface area contributed by atoms with Crippen molar-refractivity contribution in [1.29, 1.82) is 0 Å². The van der Waals surface area contributed by atoms with Gasteiger partial charge in [0.15, 0.2) is 0 Å². The summed E-state index contributed by atoms with van der Waals surface area (Å²) in [6.07, 6.45) is 1.21. The molecular weight excluding hydrogens is 298 g/mol. The van der Waals surface area contributed by atoms with Crippen LogP contribution in [0, 0.1) is 10.1 Å². The van der Waals surface area contributed by atoms with E-state index < -0.39 is 29.7 Å². The molecule has 0 saturated carbocycles. The van der Waals surface area contributed by atoms with E-state index in [1.807, 2.05) is 6.92 Å². The Hall–Kier alpha value is -2.16. The fourth-order valence-electron chi connectivity index (χ4n) is 1.31. The van der Waals surface area contributed by atoms with Gasteiger partial charge in [0.05, 0.1) is 13.2 Å². The zero-order chi connectivity index (χ0) is 16.8. The second-order valence-electron chi connectivity index (χ2n) is 4.18. The Morgan fingerprint density at radius 2 is 2.05 bits per heavy atom. The van der Waals surface area contributed by atoms with Gasteiger partial charge in [-0.25, -0.2) is 4.79 Å². The van der Waals surface area contributed by atoms with Crippen LogP contribution in [-0.2, 0) is 28.6 Å². The van der Waals surface area contributed by atoms with E-state index in [4.69, 9.17) is 14.2 Å². The van der Waals surface area contributed by atoms with Gasteiger partial charge in [-0.3, -0.25) is 4.79 Å². The molecule has 0 aliphatic heterocycles. The first kappa shape index (κ1) is 19.8. The Kier molecular flexibility index (Phi) is 11.3. The fourth-order valence-corrected chi connectivity index (χ4v) is 1.31. The summed E-state index contributed by atoms with van der Waals surface area (Å²) in [7, 11) is 0. The van der Waals surface area contributed by atoms with Gasteiger partial charge < -0.3 is 19.0 Å². The molecule has 0 amide bonds. The van der Waals surface area contributed by atoms with Gasteiger partial charge in [-0.05, 0) is 12.8 Å². The molecule has 0 rings (SSSR count). The summed E-state index contributed by atoms with van der Waals surface area (Å²) < 4.78 is 14.9. The molecule has 1 unspecified atom stereocenters. The van der Waals surface area contributed by atoms with Crippen LogP contribution in [0.5, 0.6) is 0 Å². The molecule has 9 nitrogen and oxygen atoms in total. The van der Waals surface area contributed by atoms with Crippen LogP contribution in [-0.4, -0.2) is 49.6 Å². The lowest BCUT2D eigenvalue weighted by molar-refractivity contribution is -0.759.